The molecular formula is C24H22FN7O3. The molecule has 178 valence electrons. The molecule has 0 saturated carbocycles. The molecule has 1 amide bonds. The fourth-order valence-electron chi connectivity index (χ4n) is 3.63. The van der Waals surface area contributed by atoms with E-state index in [4.69, 9.17) is 15.2 Å². The molecule has 0 unspecified atom stereocenters. The number of rotatable bonds is 5. The Morgan fingerprint density at radius 2 is 1.91 bits per heavy atom. The quantitative estimate of drug-likeness (QED) is 0.399. The van der Waals surface area contributed by atoms with Crippen LogP contribution in [0.25, 0.3) is 22.6 Å². The third-order valence-corrected chi connectivity index (χ3v) is 5.57. The summed E-state index contributed by atoms with van der Waals surface area (Å²) in [7, 11) is 0. The summed E-state index contributed by atoms with van der Waals surface area (Å²) in [6.07, 6.45) is 3.88. The number of carbonyl (C=O) groups is 1. The van der Waals surface area contributed by atoms with Crippen LogP contribution in [0.15, 0.2) is 61.1 Å². The number of hydrogen-bond donors (Lipinski definition) is 3. The molecule has 11 heteroatoms. The van der Waals surface area contributed by atoms with Gasteiger partial charge in [0.15, 0.2) is 5.82 Å². The first-order chi connectivity index (χ1) is 16.9. The molecule has 1 aliphatic heterocycles. The molecule has 0 aliphatic carbocycles. The Morgan fingerprint density at radius 3 is 2.60 bits per heavy atom. The predicted molar refractivity (Wildman–Crippen MR) is 125 cm³/mol. The number of ether oxygens (including phenoxy) is 2. The van der Waals surface area contributed by atoms with Crippen molar-refractivity contribution in [2.75, 3.05) is 24.3 Å². The van der Waals surface area contributed by atoms with Crippen molar-refractivity contribution < 1.29 is 18.7 Å². The average Bonchev–Trinajstić information content (AvgIpc) is 3.31. The molecule has 1 aromatic carbocycles. The van der Waals surface area contributed by atoms with Crippen LogP contribution < -0.4 is 11.1 Å². The van der Waals surface area contributed by atoms with E-state index in [1.165, 1.54) is 18.3 Å². The zero-order valence-corrected chi connectivity index (χ0v) is 18.7. The molecule has 1 fully saturated rings. The fraction of sp³-hybridized carbons (Fsp3) is 0.208. The summed E-state index contributed by atoms with van der Waals surface area (Å²) < 4.78 is 25.3. The number of imidazole rings is 1. The lowest BCUT2D eigenvalue weighted by Crippen LogP contribution is -2.45. The Labute approximate surface area is 199 Å². The van der Waals surface area contributed by atoms with Gasteiger partial charge in [-0.15, -0.1) is 0 Å². The summed E-state index contributed by atoms with van der Waals surface area (Å²) in [5.74, 6) is -0.122. The standard InChI is InChI=1S/C24H22FN7O3/c1-24(22(33)29-16-3-2-9-27-11-16)12-34-21(35-13-24)20-31-18(14-4-6-15(25)7-5-14)19(32-20)17-8-10-28-23(26)30-17/h2-11,21H,12-13H2,1H3,(H,29,33)(H,31,32)(H2,26,28,30). The summed E-state index contributed by atoms with van der Waals surface area (Å²) in [4.78, 5) is 32.9. The molecule has 0 atom stereocenters. The van der Waals surface area contributed by atoms with Gasteiger partial charge in [0.25, 0.3) is 0 Å². The second kappa shape index (κ2) is 9.20. The van der Waals surface area contributed by atoms with E-state index in [-0.39, 0.29) is 30.9 Å². The van der Waals surface area contributed by atoms with Crippen molar-refractivity contribution in [3.63, 3.8) is 0 Å². The molecule has 4 heterocycles. The average molecular weight is 475 g/mol. The van der Waals surface area contributed by atoms with Gasteiger partial charge in [-0.25, -0.2) is 19.3 Å². The highest BCUT2D eigenvalue weighted by Crippen LogP contribution is 2.35. The minimum atomic E-state index is -0.914. The smallest absolute Gasteiger partial charge is 0.235 e. The highest BCUT2D eigenvalue weighted by molar-refractivity contribution is 5.95. The highest BCUT2D eigenvalue weighted by Gasteiger charge is 2.41. The maximum absolute atomic E-state index is 13.5. The Kier molecular flexibility index (Phi) is 5.93. The first-order valence-corrected chi connectivity index (χ1v) is 10.8. The number of pyridine rings is 1. The molecule has 5 rings (SSSR count). The number of nitrogens with one attached hydrogen (secondary N) is 2. The Bertz CT molecular complexity index is 1340. The van der Waals surface area contributed by atoms with E-state index in [2.05, 4.69) is 30.2 Å². The minimum absolute atomic E-state index is 0.101. The second-order valence-electron chi connectivity index (χ2n) is 8.36. The minimum Gasteiger partial charge on any atom is -0.368 e. The molecule has 1 saturated heterocycles. The summed E-state index contributed by atoms with van der Waals surface area (Å²) in [6, 6.07) is 11.1. The van der Waals surface area contributed by atoms with Gasteiger partial charge < -0.3 is 25.5 Å². The molecule has 35 heavy (non-hydrogen) atoms. The summed E-state index contributed by atoms with van der Waals surface area (Å²) in [6.45, 7) is 1.97. The van der Waals surface area contributed by atoms with Crippen molar-refractivity contribution in [3.8, 4) is 22.6 Å². The van der Waals surface area contributed by atoms with Gasteiger partial charge >= 0.3 is 0 Å². The van der Waals surface area contributed by atoms with Crippen LogP contribution >= 0.6 is 0 Å². The Morgan fingerprint density at radius 1 is 1.14 bits per heavy atom. The van der Waals surface area contributed by atoms with Gasteiger partial charge in [0.05, 0.1) is 47.6 Å². The van der Waals surface area contributed by atoms with Gasteiger partial charge in [0, 0.05) is 18.0 Å². The van der Waals surface area contributed by atoms with Crippen LogP contribution in [0.5, 0.6) is 0 Å². The van der Waals surface area contributed by atoms with E-state index in [1.807, 2.05) is 0 Å². The number of anilines is 2. The normalized spacial score (nSPS) is 19.9. The number of halogens is 1. The molecule has 0 spiro atoms. The third kappa shape index (κ3) is 4.72. The summed E-state index contributed by atoms with van der Waals surface area (Å²) in [5.41, 5.74) is 7.69. The third-order valence-electron chi connectivity index (χ3n) is 5.57. The van der Waals surface area contributed by atoms with Crippen LogP contribution in [0, 0.1) is 11.2 Å². The van der Waals surface area contributed by atoms with E-state index < -0.39 is 11.7 Å². The number of nitrogens with two attached hydrogens (primary N) is 1. The predicted octanol–water partition coefficient (Wildman–Crippen LogP) is 3.34. The van der Waals surface area contributed by atoms with Crippen molar-refractivity contribution in [3.05, 3.63) is 72.7 Å². The maximum atomic E-state index is 13.5. The number of nitrogen functional groups attached to an aromatic ring is 1. The SMILES string of the molecule is CC1(C(=O)Nc2cccnc2)COC(c2nc(-c3ccc(F)cc3)c(-c3ccnc(N)n3)[nH]2)OC1. The molecule has 4 N–H and O–H groups in total. The van der Waals surface area contributed by atoms with Crippen LogP contribution in [-0.4, -0.2) is 44.0 Å². The van der Waals surface area contributed by atoms with Crippen LogP contribution in [0.2, 0.25) is 0 Å². The van der Waals surface area contributed by atoms with Crippen LogP contribution in [0.1, 0.15) is 19.0 Å². The largest absolute Gasteiger partial charge is 0.368 e. The topological polar surface area (TPSA) is 141 Å². The van der Waals surface area contributed by atoms with Gasteiger partial charge in [-0.05, 0) is 49.4 Å². The van der Waals surface area contributed by atoms with Crippen molar-refractivity contribution in [1.82, 2.24) is 24.9 Å². The summed E-state index contributed by atoms with van der Waals surface area (Å²) >= 11 is 0. The van der Waals surface area contributed by atoms with Crippen LogP contribution in [-0.2, 0) is 14.3 Å². The Balaban J connectivity index is 1.39. The number of hydrogen-bond acceptors (Lipinski definition) is 8. The van der Waals surface area contributed by atoms with Gasteiger partial charge in [0.1, 0.15) is 5.82 Å². The van der Waals surface area contributed by atoms with Crippen molar-refractivity contribution >= 4 is 17.5 Å². The molecule has 10 nitrogen and oxygen atoms in total. The first kappa shape index (κ1) is 22.6. The van der Waals surface area contributed by atoms with E-state index in [1.54, 1.807) is 49.6 Å². The highest BCUT2D eigenvalue weighted by atomic mass is 19.1. The second-order valence-corrected chi connectivity index (χ2v) is 8.36. The number of H-pyrrole nitrogens is 1. The molecule has 0 bridgehead atoms. The zero-order valence-electron chi connectivity index (χ0n) is 18.7. The van der Waals surface area contributed by atoms with Crippen molar-refractivity contribution in [2.45, 2.75) is 13.2 Å². The van der Waals surface area contributed by atoms with Gasteiger partial charge in [0.2, 0.25) is 18.1 Å². The monoisotopic (exact) mass is 475 g/mol. The zero-order chi connectivity index (χ0) is 24.4. The lowest BCUT2D eigenvalue weighted by atomic mass is 9.91. The van der Waals surface area contributed by atoms with E-state index >= 15 is 0 Å². The number of nitrogens with zero attached hydrogens (tertiary/aromatic N) is 4. The van der Waals surface area contributed by atoms with Gasteiger partial charge in [-0.2, -0.15) is 0 Å². The van der Waals surface area contributed by atoms with E-state index in [0.29, 0.717) is 34.2 Å². The lowest BCUT2D eigenvalue weighted by Gasteiger charge is -2.35. The van der Waals surface area contributed by atoms with Gasteiger partial charge in [-0.3, -0.25) is 9.78 Å². The van der Waals surface area contributed by atoms with E-state index in [0.717, 1.165) is 0 Å². The van der Waals surface area contributed by atoms with Crippen molar-refractivity contribution in [1.29, 1.82) is 0 Å². The Hall–Kier alpha value is -4.22. The molecule has 4 aromatic rings. The van der Waals surface area contributed by atoms with Crippen LogP contribution in [0.3, 0.4) is 0 Å². The molecule has 1 aliphatic rings. The number of carbonyl (C=O) groups excluding carboxylic acids is 1. The number of aromatic nitrogens is 5. The number of amides is 1. The summed E-state index contributed by atoms with van der Waals surface area (Å²) in [5, 5.41) is 2.83. The maximum Gasteiger partial charge on any atom is 0.235 e. The molecule has 3 aromatic heterocycles. The van der Waals surface area contributed by atoms with E-state index in [9.17, 15) is 9.18 Å². The van der Waals surface area contributed by atoms with Crippen molar-refractivity contribution in [2.24, 2.45) is 5.41 Å². The first-order valence-electron chi connectivity index (χ1n) is 10.8. The van der Waals surface area contributed by atoms with Crippen LogP contribution in [0.4, 0.5) is 16.0 Å². The molecule has 0 radical (unpaired) electrons. The van der Waals surface area contributed by atoms with Gasteiger partial charge in [-0.1, -0.05) is 0 Å². The molecular weight excluding hydrogens is 453 g/mol. The number of aromatic amines is 1. The number of benzene rings is 1. The lowest BCUT2D eigenvalue weighted by molar-refractivity contribution is -0.229. The fourth-order valence-corrected chi connectivity index (χ4v) is 3.63.